The second-order valence-corrected chi connectivity index (χ2v) is 6.94. The number of rotatable bonds is 4. The number of hydrogen-bond acceptors (Lipinski definition) is 4. The van der Waals surface area contributed by atoms with Crippen molar-refractivity contribution in [3.8, 4) is 0 Å². The summed E-state index contributed by atoms with van der Waals surface area (Å²) in [6, 6.07) is 3.31. The van der Waals surface area contributed by atoms with Crippen LogP contribution in [0.25, 0.3) is 0 Å². The minimum Gasteiger partial charge on any atom is -0.370 e. The molecule has 7 heteroatoms. The van der Waals surface area contributed by atoms with Gasteiger partial charge in [-0.1, -0.05) is 11.6 Å². The maximum Gasteiger partial charge on any atom is 0.254 e. The van der Waals surface area contributed by atoms with Crippen molar-refractivity contribution in [2.45, 2.75) is 44.6 Å². The fourth-order valence-electron chi connectivity index (χ4n) is 3.59. The lowest BCUT2D eigenvalue weighted by molar-refractivity contribution is -0.119. The molecule has 2 aliphatic rings. The number of carbonyl (C=O) groups is 2. The lowest BCUT2D eigenvalue weighted by atomic mass is 9.98. The summed E-state index contributed by atoms with van der Waals surface area (Å²) in [6.07, 6.45) is 5.24. The summed E-state index contributed by atoms with van der Waals surface area (Å²) >= 11 is 6.15. The summed E-state index contributed by atoms with van der Waals surface area (Å²) in [4.78, 5) is 32.6. The third-order valence-corrected chi connectivity index (χ3v) is 4.98. The zero-order valence-corrected chi connectivity index (χ0v) is 14.5. The van der Waals surface area contributed by atoms with Crippen LogP contribution in [0.3, 0.4) is 0 Å². The van der Waals surface area contributed by atoms with E-state index >= 15 is 0 Å². The predicted octanol–water partition coefficient (Wildman–Crippen LogP) is 2.21. The molecule has 0 aromatic carbocycles. The number of halogens is 1. The van der Waals surface area contributed by atoms with Gasteiger partial charge >= 0.3 is 0 Å². The Labute approximate surface area is 147 Å². The lowest BCUT2D eigenvalue weighted by Crippen LogP contribution is -2.45. The van der Waals surface area contributed by atoms with E-state index in [1.165, 1.54) is 0 Å². The van der Waals surface area contributed by atoms with Gasteiger partial charge in [-0.05, 0) is 44.2 Å². The first-order valence-electron chi connectivity index (χ1n) is 8.56. The summed E-state index contributed by atoms with van der Waals surface area (Å²) in [5, 5.41) is 0.325. The normalized spacial score (nSPS) is 21.1. The molecule has 2 fully saturated rings. The number of anilines is 1. The molecule has 6 nitrogen and oxygen atoms in total. The number of pyridine rings is 1. The molecule has 24 heavy (non-hydrogen) atoms. The maximum atomic E-state index is 13.0. The molecule has 2 amide bonds. The maximum absolute atomic E-state index is 13.0. The van der Waals surface area contributed by atoms with Crippen molar-refractivity contribution in [2.75, 3.05) is 24.5 Å². The molecule has 0 aliphatic carbocycles. The summed E-state index contributed by atoms with van der Waals surface area (Å²) in [7, 11) is 0. The number of aromatic nitrogens is 1. The Hall–Kier alpha value is -1.82. The van der Waals surface area contributed by atoms with E-state index in [-0.39, 0.29) is 24.3 Å². The van der Waals surface area contributed by atoms with E-state index in [1.54, 1.807) is 11.0 Å². The molecule has 3 rings (SSSR count). The van der Waals surface area contributed by atoms with E-state index in [9.17, 15) is 9.59 Å². The molecule has 130 valence electrons. The quantitative estimate of drug-likeness (QED) is 0.844. The van der Waals surface area contributed by atoms with Gasteiger partial charge < -0.3 is 15.5 Å². The summed E-state index contributed by atoms with van der Waals surface area (Å²) < 4.78 is 0. The number of piperidine rings is 1. The molecule has 2 aliphatic heterocycles. The van der Waals surface area contributed by atoms with Crippen molar-refractivity contribution in [1.29, 1.82) is 0 Å². The monoisotopic (exact) mass is 350 g/mol. The molecule has 2 N–H and O–H groups in total. The highest BCUT2D eigenvalue weighted by atomic mass is 35.5. The van der Waals surface area contributed by atoms with Gasteiger partial charge in [-0.2, -0.15) is 0 Å². The highest BCUT2D eigenvalue weighted by Gasteiger charge is 2.29. The molecular formula is C17H23ClN4O2. The SMILES string of the molecule is NC(=O)C[C@H]1CCCCN1C(=O)c1cc(Cl)nc(N2CCCC2)c1. The van der Waals surface area contributed by atoms with Crippen molar-refractivity contribution < 1.29 is 9.59 Å². The van der Waals surface area contributed by atoms with E-state index in [0.29, 0.717) is 17.3 Å². The van der Waals surface area contributed by atoms with Gasteiger partial charge in [0.2, 0.25) is 5.91 Å². The Kier molecular flexibility index (Phi) is 5.23. The van der Waals surface area contributed by atoms with E-state index in [2.05, 4.69) is 9.88 Å². The number of carbonyl (C=O) groups excluding carboxylic acids is 2. The molecule has 0 spiro atoms. The number of primary amides is 1. The first-order valence-corrected chi connectivity index (χ1v) is 8.94. The zero-order valence-electron chi connectivity index (χ0n) is 13.7. The summed E-state index contributed by atoms with van der Waals surface area (Å²) in [5.41, 5.74) is 5.88. The fourth-order valence-corrected chi connectivity index (χ4v) is 3.80. The predicted molar refractivity (Wildman–Crippen MR) is 93.2 cm³/mol. The second kappa shape index (κ2) is 7.38. The minimum atomic E-state index is -0.370. The van der Waals surface area contributed by atoms with Gasteiger partial charge in [0, 0.05) is 37.7 Å². The van der Waals surface area contributed by atoms with Crippen LogP contribution in [0.1, 0.15) is 48.9 Å². The lowest BCUT2D eigenvalue weighted by Gasteiger charge is -2.35. The molecule has 0 radical (unpaired) electrons. The van der Waals surface area contributed by atoms with Gasteiger partial charge in [0.15, 0.2) is 0 Å². The average molecular weight is 351 g/mol. The molecule has 1 aromatic heterocycles. The Morgan fingerprint density at radius 3 is 2.58 bits per heavy atom. The standard InChI is InChI=1S/C17H23ClN4O2/c18-14-9-12(10-16(20-14)21-6-3-4-7-21)17(24)22-8-2-1-5-13(22)11-15(19)23/h9-10,13H,1-8,11H2,(H2,19,23)/t13-/m1/s1. The molecule has 0 bridgehead atoms. The van der Waals surface area contributed by atoms with Crippen LogP contribution >= 0.6 is 11.6 Å². The first kappa shape index (κ1) is 17.0. The Morgan fingerprint density at radius 2 is 1.88 bits per heavy atom. The number of nitrogens with two attached hydrogens (primary N) is 1. The Morgan fingerprint density at radius 1 is 1.17 bits per heavy atom. The van der Waals surface area contributed by atoms with Crippen molar-refractivity contribution in [3.05, 3.63) is 22.8 Å². The second-order valence-electron chi connectivity index (χ2n) is 6.55. The zero-order chi connectivity index (χ0) is 17.1. The van der Waals surface area contributed by atoms with Crippen LogP contribution in [0.2, 0.25) is 5.15 Å². The summed E-state index contributed by atoms with van der Waals surface area (Å²) in [6.45, 7) is 2.53. The molecule has 2 saturated heterocycles. The van der Waals surface area contributed by atoms with Crippen LogP contribution in [0.4, 0.5) is 5.82 Å². The van der Waals surface area contributed by atoms with Gasteiger partial charge in [-0.15, -0.1) is 0 Å². The van der Waals surface area contributed by atoms with Crippen molar-refractivity contribution in [3.63, 3.8) is 0 Å². The molecule has 3 heterocycles. The van der Waals surface area contributed by atoms with Crippen LogP contribution in [-0.2, 0) is 4.79 Å². The summed E-state index contributed by atoms with van der Waals surface area (Å²) in [5.74, 6) is 0.294. The Balaban J connectivity index is 1.83. The molecule has 1 atom stereocenters. The number of likely N-dealkylation sites (tertiary alicyclic amines) is 1. The van der Waals surface area contributed by atoms with Crippen LogP contribution < -0.4 is 10.6 Å². The Bertz CT molecular complexity index is 631. The number of nitrogens with zero attached hydrogens (tertiary/aromatic N) is 3. The highest BCUT2D eigenvalue weighted by Crippen LogP contribution is 2.26. The van der Waals surface area contributed by atoms with E-state index in [4.69, 9.17) is 17.3 Å². The van der Waals surface area contributed by atoms with Crippen molar-refractivity contribution in [1.82, 2.24) is 9.88 Å². The van der Waals surface area contributed by atoms with Gasteiger partial charge in [-0.3, -0.25) is 9.59 Å². The molecule has 0 saturated carbocycles. The van der Waals surface area contributed by atoms with Crippen molar-refractivity contribution >= 4 is 29.2 Å². The fraction of sp³-hybridized carbons (Fsp3) is 0.588. The van der Waals surface area contributed by atoms with E-state index < -0.39 is 0 Å². The third-order valence-electron chi connectivity index (χ3n) is 4.78. The van der Waals surface area contributed by atoms with Crippen LogP contribution in [-0.4, -0.2) is 47.4 Å². The highest BCUT2D eigenvalue weighted by molar-refractivity contribution is 6.29. The topological polar surface area (TPSA) is 79.5 Å². The first-order chi connectivity index (χ1) is 11.5. The minimum absolute atomic E-state index is 0.0919. The van der Waals surface area contributed by atoms with Gasteiger partial charge in [0.1, 0.15) is 11.0 Å². The number of amides is 2. The number of hydrogen-bond donors (Lipinski definition) is 1. The molecular weight excluding hydrogens is 328 g/mol. The van der Waals surface area contributed by atoms with E-state index in [1.807, 2.05) is 6.07 Å². The van der Waals surface area contributed by atoms with Crippen LogP contribution in [0.5, 0.6) is 0 Å². The third kappa shape index (κ3) is 3.80. The molecule has 1 aromatic rings. The largest absolute Gasteiger partial charge is 0.370 e. The van der Waals surface area contributed by atoms with Crippen molar-refractivity contribution in [2.24, 2.45) is 5.73 Å². The van der Waals surface area contributed by atoms with Gasteiger partial charge in [0.25, 0.3) is 5.91 Å². The molecule has 0 unspecified atom stereocenters. The van der Waals surface area contributed by atoms with Gasteiger partial charge in [-0.25, -0.2) is 4.98 Å². The van der Waals surface area contributed by atoms with E-state index in [0.717, 1.165) is 51.0 Å². The van der Waals surface area contributed by atoms with Crippen LogP contribution in [0, 0.1) is 0 Å². The average Bonchev–Trinajstić information content (AvgIpc) is 3.08. The smallest absolute Gasteiger partial charge is 0.254 e. The van der Waals surface area contributed by atoms with Crippen LogP contribution in [0.15, 0.2) is 12.1 Å². The van der Waals surface area contributed by atoms with Gasteiger partial charge in [0.05, 0.1) is 0 Å².